The van der Waals surface area contributed by atoms with Crippen molar-refractivity contribution in [2.45, 2.75) is 6.92 Å². The third kappa shape index (κ3) is 3.56. The van der Waals surface area contributed by atoms with Crippen molar-refractivity contribution in [1.82, 2.24) is 15.0 Å². The second kappa shape index (κ2) is 5.69. The fraction of sp³-hybridized carbons (Fsp3) is 0.500. The van der Waals surface area contributed by atoms with E-state index >= 15 is 0 Å². The Hall–Kier alpha value is -2.12. The lowest BCUT2D eigenvalue weighted by atomic mass is 10.6. The molecule has 0 aromatic carbocycles. The van der Waals surface area contributed by atoms with E-state index in [2.05, 4.69) is 20.3 Å². The van der Waals surface area contributed by atoms with E-state index in [1.54, 1.807) is 6.92 Å². The van der Waals surface area contributed by atoms with Crippen molar-refractivity contribution in [3.05, 3.63) is 0 Å². The number of nitrogens with zero attached hydrogens (tertiary/aromatic N) is 3. The van der Waals surface area contributed by atoms with Crippen LogP contribution in [0.4, 0.5) is 11.9 Å². The summed E-state index contributed by atoms with van der Waals surface area (Å²) in [5, 5.41) is 2.65. The third-order valence-corrected chi connectivity index (χ3v) is 1.51. The molecule has 1 aromatic rings. The molecule has 0 saturated heterocycles. The highest BCUT2D eigenvalue weighted by molar-refractivity contribution is 5.74. The number of ether oxygens (including phenoxy) is 2. The van der Waals surface area contributed by atoms with Crippen molar-refractivity contribution in [1.29, 1.82) is 0 Å². The van der Waals surface area contributed by atoms with Gasteiger partial charge in [-0.1, -0.05) is 0 Å². The molecule has 8 nitrogen and oxygen atoms in total. The van der Waals surface area contributed by atoms with Gasteiger partial charge < -0.3 is 20.5 Å². The monoisotopic (exact) mass is 227 g/mol. The van der Waals surface area contributed by atoms with Crippen LogP contribution in [-0.4, -0.2) is 41.2 Å². The number of carbonyl (C=O) groups excluding carboxylic acids is 1. The van der Waals surface area contributed by atoms with Gasteiger partial charge in [0.15, 0.2) is 0 Å². The van der Waals surface area contributed by atoms with E-state index in [1.165, 1.54) is 7.11 Å². The van der Waals surface area contributed by atoms with E-state index in [9.17, 15) is 4.79 Å². The van der Waals surface area contributed by atoms with E-state index in [4.69, 9.17) is 15.2 Å². The second-order valence-corrected chi connectivity index (χ2v) is 2.66. The van der Waals surface area contributed by atoms with Crippen LogP contribution in [-0.2, 0) is 9.53 Å². The topological polar surface area (TPSA) is 112 Å². The van der Waals surface area contributed by atoms with Gasteiger partial charge in [-0.15, -0.1) is 0 Å². The number of hydrogen-bond donors (Lipinski definition) is 2. The highest BCUT2D eigenvalue weighted by Gasteiger charge is 2.06. The normalized spacial score (nSPS) is 9.62. The molecule has 0 unspecified atom stereocenters. The standard InChI is InChI=1S/C8H13N5O3/c1-3-16-5(14)4-10-7-11-6(9)12-8(13-7)15-2/h3-4H2,1-2H3,(H3,9,10,11,12,13). The predicted octanol–water partition coefficient (Wildman–Crippen LogP) is -0.563. The highest BCUT2D eigenvalue weighted by Crippen LogP contribution is 2.07. The molecule has 88 valence electrons. The average Bonchev–Trinajstić information content (AvgIpc) is 2.26. The molecule has 1 aromatic heterocycles. The van der Waals surface area contributed by atoms with Crippen molar-refractivity contribution >= 4 is 17.9 Å². The van der Waals surface area contributed by atoms with Crippen molar-refractivity contribution in [3.8, 4) is 6.01 Å². The van der Waals surface area contributed by atoms with Gasteiger partial charge in [-0.05, 0) is 6.92 Å². The Labute approximate surface area is 92.2 Å². The van der Waals surface area contributed by atoms with E-state index in [1.807, 2.05) is 0 Å². The first-order valence-corrected chi connectivity index (χ1v) is 4.60. The summed E-state index contributed by atoms with van der Waals surface area (Å²) >= 11 is 0. The van der Waals surface area contributed by atoms with Crippen molar-refractivity contribution in [2.75, 3.05) is 31.3 Å². The summed E-state index contributed by atoms with van der Waals surface area (Å²) in [5.41, 5.74) is 5.40. The van der Waals surface area contributed by atoms with Crippen LogP contribution in [0.1, 0.15) is 6.92 Å². The molecule has 0 saturated carbocycles. The number of anilines is 2. The van der Waals surface area contributed by atoms with E-state index in [-0.39, 0.29) is 24.5 Å². The van der Waals surface area contributed by atoms with E-state index in [0.29, 0.717) is 6.61 Å². The summed E-state index contributed by atoms with van der Waals surface area (Å²) in [6.45, 7) is 2.01. The third-order valence-electron chi connectivity index (χ3n) is 1.51. The highest BCUT2D eigenvalue weighted by atomic mass is 16.5. The van der Waals surface area contributed by atoms with Gasteiger partial charge in [0.05, 0.1) is 13.7 Å². The molecule has 0 aliphatic rings. The molecule has 1 rings (SSSR count). The fourth-order valence-electron chi connectivity index (χ4n) is 0.906. The van der Waals surface area contributed by atoms with Gasteiger partial charge in [-0.2, -0.15) is 15.0 Å². The number of esters is 1. The number of nitrogen functional groups attached to an aromatic ring is 1. The molecule has 0 spiro atoms. The molecule has 16 heavy (non-hydrogen) atoms. The maximum Gasteiger partial charge on any atom is 0.325 e. The summed E-state index contributed by atoms with van der Waals surface area (Å²) in [6.07, 6.45) is 0. The van der Waals surface area contributed by atoms with Crippen LogP contribution in [0.3, 0.4) is 0 Å². The first-order chi connectivity index (χ1) is 7.65. The lowest BCUT2D eigenvalue weighted by Crippen LogP contribution is -2.18. The van der Waals surface area contributed by atoms with E-state index in [0.717, 1.165) is 0 Å². The summed E-state index contributed by atoms with van der Waals surface area (Å²) < 4.78 is 9.51. The van der Waals surface area contributed by atoms with Gasteiger partial charge in [-0.3, -0.25) is 4.79 Å². The van der Waals surface area contributed by atoms with Crippen LogP contribution in [0.15, 0.2) is 0 Å². The lowest BCUT2D eigenvalue weighted by Gasteiger charge is -2.05. The first kappa shape index (κ1) is 12.0. The first-order valence-electron chi connectivity index (χ1n) is 4.60. The van der Waals surface area contributed by atoms with Crippen LogP contribution in [0.5, 0.6) is 6.01 Å². The second-order valence-electron chi connectivity index (χ2n) is 2.66. The van der Waals surface area contributed by atoms with Crippen molar-refractivity contribution in [3.63, 3.8) is 0 Å². The average molecular weight is 227 g/mol. The molecule has 3 N–H and O–H groups in total. The number of hydrogen-bond acceptors (Lipinski definition) is 8. The minimum absolute atomic E-state index is 0.0122. The summed E-state index contributed by atoms with van der Waals surface area (Å²) in [6, 6.07) is 0.0823. The molecular formula is C8H13N5O3. The largest absolute Gasteiger partial charge is 0.467 e. The Kier molecular flexibility index (Phi) is 4.25. The van der Waals surface area contributed by atoms with Gasteiger partial charge >= 0.3 is 12.0 Å². The summed E-state index contributed by atoms with van der Waals surface area (Å²) in [4.78, 5) is 22.3. The van der Waals surface area contributed by atoms with Gasteiger partial charge in [0, 0.05) is 0 Å². The molecule has 0 atom stereocenters. The number of aromatic nitrogens is 3. The van der Waals surface area contributed by atoms with Crippen LogP contribution >= 0.6 is 0 Å². The Morgan fingerprint density at radius 3 is 2.81 bits per heavy atom. The maximum absolute atomic E-state index is 11.0. The Morgan fingerprint density at radius 2 is 2.19 bits per heavy atom. The predicted molar refractivity (Wildman–Crippen MR) is 55.9 cm³/mol. The summed E-state index contributed by atoms with van der Waals surface area (Å²) in [5.74, 6) is -0.226. The fourth-order valence-corrected chi connectivity index (χ4v) is 0.906. The quantitative estimate of drug-likeness (QED) is 0.643. The zero-order chi connectivity index (χ0) is 12.0. The van der Waals surface area contributed by atoms with Crippen molar-refractivity contribution < 1.29 is 14.3 Å². The van der Waals surface area contributed by atoms with Crippen molar-refractivity contribution in [2.24, 2.45) is 0 Å². The zero-order valence-corrected chi connectivity index (χ0v) is 9.06. The van der Waals surface area contributed by atoms with Gasteiger partial charge in [0.2, 0.25) is 11.9 Å². The van der Waals surface area contributed by atoms with Gasteiger partial charge in [0.25, 0.3) is 0 Å². The lowest BCUT2D eigenvalue weighted by molar-refractivity contribution is -0.140. The Balaban J connectivity index is 2.59. The number of methoxy groups -OCH3 is 1. The number of nitrogens with two attached hydrogens (primary N) is 1. The number of nitrogens with one attached hydrogen (secondary N) is 1. The summed E-state index contributed by atoms with van der Waals surface area (Å²) in [7, 11) is 1.41. The van der Waals surface area contributed by atoms with Crippen LogP contribution < -0.4 is 15.8 Å². The molecule has 0 radical (unpaired) electrons. The molecular weight excluding hydrogens is 214 g/mol. The van der Waals surface area contributed by atoms with Crippen LogP contribution in [0.2, 0.25) is 0 Å². The van der Waals surface area contributed by atoms with Gasteiger partial charge in [0.1, 0.15) is 6.54 Å². The maximum atomic E-state index is 11.0. The molecule has 0 amide bonds. The minimum atomic E-state index is -0.402. The van der Waals surface area contributed by atoms with Crippen LogP contribution in [0, 0.1) is 0 Å². The molecule has 1 heterocycles. The molecule has 0 aliphatic heterocycles. The molecule has 0 bridgehead atoms. The SMILES string of the molecule is CCOC(=O)CNc1nc(N)nc(OC)n1. The molecule has 8 heteroatoms. The Morgan fingerprint density at radius 1 is 1.44 bits per heavy atom. The number of rotatable bonds is 5. The number of carbonyl (C=O) groups is 1. The molecule has 0 fully saturated rings. The zero-order valence-electron chi connectivity index (χ0n) is 9.06. The Bertz CT molecular complexity index is 371. The van der Waals surface area contributed by atoms with Gasteiger partial charge in [-0.25, -0.2) is 0 Å². The molecule has 0 aliphatic carbocycles. The van der Waals surface area contributed by atoms with E-state index < -0.39 is 5.97 Å². The smallest absolute Gasteiger partial charge is 0.325 e. The minimum Gasteiger partial charge on any atom is -0.467 e. The van der Waals surface area contributed by atoms with Crippen LogP contribution in [0.25, 0.3) is 0 Å².